The molecule has 0 bridgehead atoms. The molecule has 0 saturated carbocycles. The number of ether oxygens (including phenoxy) is 4. The highest BCUT2D eigenvalue weighted by atomic mass is 16.6. The van der Waals surface area contributed by atoms with E-state index in [2.05, 4.69) is 27.4 Å². The Kier molecular flexibility index (Phi) is 14.0. The van der Waals surface area contributed by atoms with Crippen LogP contribution in [0, 0.1) is 0 Å². The minimum Gasteiger partial charge on any atom is -0.394 e. The van der Waals surface area contributed by atoms with Crippen LogP contribution in [-0.2, 0) is 18.9 Å². The van der Waals surface area contributed by atoms with Crippen LogP contribution in [0.4, 0.5) is 0 Å². The zero-order valence-corrected chi connectivity index (χ0v) is 18.1. The maximum absolute atomic E-state index is 10.4. The molecule has 1 heterocycles. The molecule has 6 nitrogen and oxygen atoms in total. The van der Waals surface area contributed by atoms with Crippen molar-refractivity contribution in [1.29, 1.82) is 0 Å². The third-order valence-corrected chi connectivity index (χ3v) is 5.06. The summed E-state index contributed by atoms with van der Waals surface area (Å²) >= 11 is 0. The van der Waals surface area contributed by atoms with Gasteiger partial charge in [-0.25, -0.2) is 0 Å². The number of hydrogen-bond donors (Lipinski definition) is 2. The van der Waals surface area contributed by atoms with Crippen LogP contribution in [0.15, 0.2) is 12.7 Å². The second-order valence-electron chi connectivity index (χ2n) is 7.48. The number of aliphatic hydroxyl groups is 2. The Morgan fingerprint density at radius 2 is 1.39 bits per heavy atom. The molecular formula is C22H42O6. The van der Waals surface area contributed by atoms with Crippen molar-refractivity contribution < 1.29 is 29.2 Å². The molecule has 0 spiro atoms. The summed E-state index contributed by atoms with van der Waals surface area (Å²) in [5.74, 6) is 0. The van der Waals surface area contributed by atoms with Crippen molar-refractivity contribution in [1.82, 2.24) is 0 Å². The summed E-state index contributed by atoms with van der Waals surface area (Å²) < 4.78 is 24.8. The molecule has 1 rings (SSSR count). The zero-order chi connectivity index (χ0) is 20.8. The van der Waals surface area contributed by atoms with E-state index in [0.717, 1.165) is 38.5 Å². The Labute approximate surface area is 171 Å². The summed E-state index contributed by atoms with van der Waals surface area (Å²) in [4.78, 5) is 0. The van der Waals surface area contributed by atoms with Crippen LogP contribution in [-0.4, -0.2) is 73.3 Å². The predicted octanol–water partition coefficient (Wildman–Crippen LogP) is 3.24. The van der Waals surface area contributed by atoms with Crippen LogP contribution in [0.1, 0.15) is 65.7 Å². The lowest BCUT2D eigenvalue weighted by atomic mass is 9.90. The molecule has 6 heteroatoms. The maximum Gasteiger partial charge on any atom is 0.115 e. The molecule has 1 aliphatic rings. The third kappa shape index (κ3) is 8.09. The van der Waals surface area contributed by atoms with Gasteiger partial charge in [-0.2, -0.15) is 0 Å². The Balaban J connectivity index is 3.08. The van der Waals surface area contributed by atoms with Crippen molar-refractivity contribution in [2.24, 2.45) is 0 Å². The van der Waals surface area contributed by atoms with Gasteiger partial charge in [-0.1, -0.05) is 46.1 Å². The van der Waals surface area contributed by atoms with Gasteiger partial charge in [-0.15, -0.1) is 6.58 Å². The summed E-state index contributed by atoms with van der Waals surface area (Å²) in [5, 5.41) is 20.0. The van der Waals surface area contributed by atoms with Crippen molar-refractivity contribution in [2.45, 2.75) is 102 Å². The van der Waals surface area contributed by atoms with Crippen molar-refractivity contribution in [3.8, 4) is 0 Å². The number of unbranched alkanes of at least 4 members (excludes halogenated alkanes) is 3. The van der Waals surface area contributed by atoms with Crippen LogP contribution in [0.3, 0.4) is 0 Å². The van der Waals surface area contributed by atoms with Gasteiger partial charge in [0.15, 0.2) is 0 Å². The molecule has 0 radical (unpaired) electrons. The summed E-state index contributed by atoms with van der Waals surface area (Å²) in [6.07, 6.45) is 5.16. The molecule has 6 atom stereocenters. The minimum atomic E-state index is -1.03. The lowest BCUT2D eigenvalue weighted by molar-refractivity contribution is -0.275. The Morgan fingerprint density at radius 3 is 1.86 bits per heavy atom. The van der Waals surface area contributed by atoms with Crippen molar-refractivity contribution in [3.63, 3.8) is 0 Å². The molecule has 28 heavy (non-hydrogen) atoms. The monoisotopic (exact) mass is 402 g/mol. The molecule has 0 aromatic rings. The van der Waals surface area contributed by atoms with Gasteiger partial charge in [-0.05, 0) is 25.7 Å². The first-order valence-corrected chi connectivity index (χ1v) is 11.0. The van der Waals surface area contributed by atoms with E-state index in [1.807, 2.05) is 0 Å². The molecule has 1 saturated heterocycles. The maximum atomic E-state index is 10.4. The molecule has 2 N–H and O–H groups in total. The standard InChI is InChI=1S/C22H42O6/c1-5-9-13-25-20-18(12-8-4)28-19(17(24)16-23)21(26-14-10-6-2)22(20)27-15-11-7-3/h8,17-24H,4-7,9-16H2,1-3H3/t17-,18-,19?,20+,21-,22?/m1/s1. The molecule has 1 aliphatic heterocycles. The Hall–Kier alpha value is -0.500. The van der Waals surface area contributed by atoms with Gasteiger partial charge in [0.2, 0.25) is 0 Å². The van der Waals surface area contributed by atoms with Gasteiger partial charge in [-0.3, -0.25) is 0 Å². The van der Waals surface area contributed by atoms with E-state index < -0.39 is 18.3 Å². The SMILES string of the molecule is C=CC[C@H]1OC([C@H](O)CO)[C@@H](OCCCC)C(OCCCC)[C@H]1OCCCC. The van der Waals surface area contributed by atoms with Crippen LogP contribution in [0.25, 0.3) is 0 Å². The molecule has 1 fully saturated rings. The highest BCUT2D eigenvalue weighted by molar-refractivity contribution is 4.99. The quantitative estimate of drug-likeness (QED) is 0.305. The highest BCUT2D eigenvalue weighted by Crippen LogP contribution is 2.32. The van der Waals surface area contributed by atoms with Gasteiger partial charge in [0.05, 0.1) is 12.7 Å². The summed E-state index contributed by atoms with van der Waals surface area (Å²) in [6, 6.07) is 0. The largest absolute Gasteiger partial charge is 0.394 e. The normalized spacial score (nSPS) is 29.0. The lowest BCUT2D eigenvalue weighted by Gasteiger charge is -2.47. The van der Waals surface area contributed by atoms with E-state index in [0.29, 0.717) is 26.2 Å². The number of rotatable bonds is 16. The van der Waals surface area contributed by atoms with E-state index in [4.69, 9.17) is 18.9 Å². The molecule has 0 aromatic carbocycles. The van der Waals surface area contributed by atoms with Gasteiger partial charge in [0.1, 0.15) is 30.5 Å². The average Bonchev–Trinajstić information content (AvgIpc) is 2.70. The fourth-order valence-electron chi connectivity index (χ4n) is 3.38. The second-order valence-corrected chi connectivity index (χ2v) is 7.48. The zero-order valence-electron chi connectivity index (χ0n) is 18.1. The van der Waals surface area contributed by atoms with Crippen molar-refractivity contribution >= 4 is 0 Å². The van der Waals surface area contributed by atoms with Crippen LogP contribution < -0.4 is 0 Å². The Bertz CT molecular complexity index is 391. The van der Waals surface area contributed by atoms with Gasteiger partial charge in [0, 0.05) is 19.8 Å². The highest BCUT2D eigenvalue weighted by Gasteiger charge is 2.49. The first-order chi connectivity index (χ1) is 13.6. The molecule has 0 aromatic heterocycles. The van der Waals surface area contributed by atoms with E-state index in [1.165, 1.54) is 0 Å². The van der Waals surface area contributed by atoms with E-state index in [-0.39, 0.29) is 24.9 Å². The first kappa shape index (κ1) is 25.5. The second kappa shape index (κ2) is 15.4. The molecule has 2 unspecified atom stereocenters. The Morgan fingerprint density at radius 1 is 0.893 bits per heavy atom. The number of hydrogen-bond acceptors (Lipinski definition) is 6. The van der Waals surface area contributed by atoms with Crippen LogP contribution in [0.2, 0.25) is 0 Å². The van der Waals surface area contributed by atoms with Gasteiger partial charge >= 0.3 is 0 Å². The van der Waals surface area contributed by atoms with E-state index >= 15 is 0 Å². The fraction of sp³-hybridized carbons (Fsp3) is 0.909. The topological polar surface area (TPSA) is 77.4 Å². The van der Waals surface area contributed by atoms with Gasteiger partial charge < -0.3 is 29.2 Å². The van der Waals surface area contributed by atoms with E-state index in [1.54, 1.807) is 6.08 Å². The molecule has 166 valence electrons. The van der Waals surface area contributed by atoms with Gasteiger partial charge in [0.25, 0.3) is 0 Å². The predicted molar refractivity (Wildman–Crippen MR) is 111 cm³/mol. The minimum absolute atomic E-state index is 0.293. The fourth-order valence-corrected chi connectivity index (χ4v) is 3.38. The third-order valence-electron chi connectivity index (χ3n) is 5.06. The molecule has 0 aliphatic carbocycles. The van der Waals surface area contributed by atoms with Crippen LogP contribution >= 0.6 is 0 Å². The average molecular weight is 403 g/mol. The van der Waals surface area contributed by atoms with E-state index in [9.17, 15) is 10.2 Å². The summed E-state index contributed by atoms with van der Waals surface area (Å²) in [5.41, 5.74) is 0. The first-order valence-electron chi connectivity index (χ1n) is 11.0. The smallest absolute Gasteiger partial charge is 0.115 e. The summed E-state index contributed by atoms with van der Waals surface area (Å²) in [7, 11) is 0. The lowest BCUT2D eigenvalue weighted by Crippen LogP contribution is -2.63. The molecule has 0 amide bonds. The number of aliphatic hydroxyl groups excluding tert-OH is 2. The van der Waals surface area contributed by atoms with Crippen molar-refractivity contribution in [2.75, 3.05) is 26.4 Å². The summed E-state index contributed by atoms with van der Waals surface area (Å²) in [6.45, 7) is 11.6. The van der Waals surface area contributed by atoms with Crippen LogP contribution in [0.5, 0.6) is 0 Å². The molecular weight excluding hydrogens is 360 g/mol. The van der Waals surface area contributed by atoms with Crippen molar-refractivity contribution in [3.05, 3.63) is 12.7 Å².